The highest BCUT2D eigenvalue weighted by molar-refractivity contribution is 6.25. The zero-order chi connectivity index (χ0) is 29.9. The standard InChI is InChI=1S/C44H28O/c45-32-22-19-28(20-23-32)31-21-24-39-40(25-31)42(36-18-8-12-30-10-2-4-14-34(30)36)27-43-38-16-6-5-15-37(38)41(26-44(39)43)35-17-7-11-29-9-1-3-13-33(29)35/h1-27,45H. The van der Waals surface area contributed by atoms with Crippen LogP contribution in [0, 0.1) is 0 Å². The molecule has 0 fully saturated rings. The largest absolute Gasteiger partial charge is 0.508 e. The van der Waals surface area contributed by atoms with E-state index in [1.807, 2.05) is 12.1 Å². The van der Waals surface area contributed by atoms with Gasteiger partial charge >= 0.3 is 0 Å². The lowest BCUT2D eigenvalue weighted by molar-refractivity contribution is 0.475. The van der Waals surface area contributed by atoms with Gasteiger partial charge in [-0.05, 0) is 118 Å². The number of phenols is 1. The number of phenolic OH excluding ortho intramolecular Hbond substituents is 1. The smallest absolute Gasteiger partial charge is 0.115 e. The van der Waals surface area contributed by atoms with Gasteiger partial charge in [-0.3, -0.25) is 0 Å². The van der Waals surface area contributed by atoms with E-state index in [-0.39, 0.29) is 5.75 Å². The van der Waals surface area contributed by atoms with Crippen molar-refractivity contribution in [3.63, 3.8) is 0 Å². The summed E-state index contributed by atoms with van der Waals surface area (Å²) in [6.07, 6.45) is 0. The Balaban J connectivity index is 1.44. The lowest BCUT2D eigenvalue weighted by atomic mass is 9.85. The number of rotatable bonds is 3. The molecule has 0 aromatic heterocycles. The van der Waals surface area contributed by atoms with Crippen molar-refractivity contribution in [2.75, 3.05) is 0 Å². The van der Waals surface area contributed by atoms with Crippen LogP contribution < -0.4 is 0 Å². The minimum atomic E-state index is 0.273. The third-order valence-corrected chi connectivity index (χ3v) is 9.34. The summed E-state index contributed by atoms with van der Waals surface area (Å²) in [5.41, 5.74) is 7.14. The maximum atomic E-state index is 9.96. The van der Waals surface area contributed by atoms with Crippen molar-refractivity contribution in [3.05, 3.63) is 164 Å². The molecule has 0 bridgehead atoms. The summed E-state index contributed by atoms with van der Waals surface area (Å²) in [5, 5.41) is 22.4. The van der Waals surface area contributed by atoms with Crippen LogP contribution >= 0.6 is 0 Å². The molecule has 0 unspecified atom stereocenters. The molecule has 0 saturated heterocycles. The Bertz CT molecular complexity index is 2580. The average Bonchev–Trinajstić information content (AvgIpc) is 3.10. The van der Waals surface area contributed by atoms with E-state index >= 15 is 0 Å². The van der Waals surface area contributed by atoms with E-state index in [9.17, 15) is 5.11 Å². The molecule has 0 amide bonds. The van der Waals surface area contributed by atoms with Crippen LogP contribution in [0.1, 0.15) is 0 Å². The summed E-state index contributed by atoms with van der Waals surface area (Å²) in [6.45, 7) is 0. The molecular formula is C44H28O. The van der Waals surface area contributed by atoms with E-state index in [1.54, 1.807) is 12.1 Å². The van der Waals surface area contributed by atoms with Crippen molar-refractivity contribution in [2.45, 2.75) is 0 Å². The van der Waals surface area contributed by atoms with Gasteiger partial charge in [0.2, 0.25) is 0 Å². The second-order valence-electron chi connectivity index (χ2n) is 11.8. The van der Waals surface area contributed by atoms with Crippen LogP contribution in [-0.2, 0) is 0 Å². The van der Waals surface area contributed by atoms with Crippen LogP contribution in [0.4, 0.5) is 0 Å². The first kappa shape index (κ1) is 25.6. The second-order valence-corrected chi connectivity index (χ2v) is 11.8. The number of aromatic hydroxyl groups is 1. The first-order chi connectivity index (χ1) is 22.2. The summed E-state index contributed by atoms with van der Waals surface area (Å²) in [7, 11) is 0. The lowest BCUT2D eigenvalue weighted by Crippen LogP contribution is -1.91. The van der Waals surface area contributed by atoms with Crippen molar-refractivity contribution in [3.8, 4) is 39.1 Å². The van der Waals surface area contributed by atoms with Gasteiger partial charge in [-0.25, -0.2) is 0 Å². The summed E-state index contributed by atoms with van der Waals surface area (Å²) in [6, 6.07) is 58.5. The van der Waals surface area contributed by atoms with Gasteiger partial charge in [-0.1, -0.05) is 133 Å². The highest BCUT2D eigenvalue weighted by Gasteiger charge is 2.17. The van der Waals surface area contributed by atoms with Gasteiger partial charge in [-0.15, -0.1) is 0 Å². The maximum Gasteiger partial charge on any atom is 0.115 e. The zero-order valence-electron chi connectivity index (χ0n) is 24.5. The van der Waals surface area contributed by atoms with Crippen LogP contribution in [0.3, 0.4) is 0 Å². The van der Waals surface area contributed by atoms with Crippen LogP contribution in [0.2, 0.25) is 0 Å². The zero-order valence-corrected chi connectivity index (χ0v) is 24.5. The Kier molecular flexibility index (Phi) is 5.73. The summed E-state index contributed by atoms with van der Waals surface area (Å²) < 4.78 is 0. The molecule has 9 rings (SSSR count). The normalized spacial score (nSPS) is 11.6. The van der Waals surface area contributed by atoms with Crippen LogP contribution in [0.5, 0.6) is 5.75 Å². The molecule has 0 aliphatic heterocycles. The van der Waals surface area contributed by atoms with E-state index in [4.69, 9.17) is 0 Å². The molecule has 0 saturated carbocycles. The fraction of sp³-hybridized carbons (Fsp3) is 0. The van der Waals surface area contributed by atoms with E-state index < -0.39 is 0 Å². The third-order valence-electron chi connectivity index (χ3n) is 9.34. The van der Waals surface area contributed by atoms with Gasteiger partial charge < -0.3 is 5.11 Å². The van der Waals surface area contributed by atoms with E-state index in [0.717, 1.165) is 11.1 Å². The second kappa shape index (κ2) is 10.1. The van der Waals surface area contributed by atoms with Gasteiger partial charge in [0.05, 0.1) is 0 Å². The highest BCUT2D eigenvalue weighted by atomic mass is 16.3. The van der Waals surface area contributed by atoms with Gasteiger partial charge in [0, 0.05) is 0 Å². The molecule has 9 aromatic rings. The molecule has 0 heterocycles. The molecule has 0 radical (unpaired) electrons. The lowest BCUT2D eigenvalue weighted by Gasteiger charge is -2.18. The maximum absolute atomic E-state index is 9.96. The summed E-state index contributed by atoms with van der Waals surface area (Å²) in [4.78, 5) is 0. The number of fused-ring (bicyclic) bond motifs is 7. The fourth-order valence-electron chi connectivity index (χ4n) is 7.20. The topological polar surface area (TPSA) is 20.2 Å². The first-order valence-electron chi connectivity index (χ1n) is 15.4. The molecule has 1 N–H and O–H groups in total. The Morgan fingerprint density at radius 3 is 1.36 bits per heavy atom. The minimum Gasteiger partial charge on any atom is -0.508 e. The highest BCUT2D eigenvalue weighted by Crippen LogP contribution is 2.45. The van der Waals surface area contributed by atoms with E-state index in [0.29, 0.717) is 0 Å². The van der Waals surface area contributed by atoms with Crippen LogP contribution in [-0.4, -0.2) is 5.11 Å². The third kappa shape index (κ3) is 4.09. The molecule has 210 valence electrons. The molecule has 0 aliphatic rings. The number of hydrogen-bond acceptors (Lipinski definition) is 1. The fourth-order valence-corrected chi connectivity index (χ4v) is 7.20. The molecule has 0 atom stereocenters. The first-order valence-corrected chi connectivity index (χ1v) is 15.4. The van der Waals surface area contributed by atoms with E-state index in [2.05, 4.69) is 140 Å². The van der Waals surface area contributed by atoms with Crippen molar-refractivity contribution in [1.82, 2.24) is 0 Å². The van der Waals surface area contributed by atoms with Crippen molar-refractivity contribution >= 4 is 53.9 Å². The van der Waals surface area contributed by atoms with Crippen LogP contribution in [0.25, 0.3) is 87.2 Å². The Morgan fingerprint density at radius 2 is 0.733 bits per heavy atom. The van der Waals surface area contributed by atoms with Gasteiger partial charge in [0.25, 0.3) is 0 Å². The van der Waals surface area contributed by atoms with Crippen molar-refractivity contribution < 1.29 is 5.11 Å². The van der Waals surface area contributed by atoms with Crippen LogP contribution in [0.15, 0.2) is 164 Å². The van der Waals surface area contributed by atoms with Crippen molar-refractivity contribution in [2.24, 2.45) is 0 Å². The molecule has 9 aromatic carbocycles. The van der Waals surface area contributed by atoms with Crippen molar-refractivity contribution in [1.29, 1.82) is 0 Å². The Morgan fingerprint density at radius 1 is 0.267 bits per heavy atom. The predicted molar refractivity (Wildman–Crippen MR) is 192 cm³/mol. The van der Waals surface area contributed by atoms with Gasteiger partial charge in [-0.2, -0.15) is 0 Å². The summed E-state index contributed by atoms with van der Waals surface area (Å²) >= 11 is 0. The molecule has 0 aliphatic carbocycles. The van der Waals surface area contributed by atoms with Gasteiger partial charge in [0.15, 0.2) is 0 Å². The quantitative estimate of drug-likeness (QED) is 0.209. The monoisotopic (exact) mass is 572 g/mol. The van der Waals surface area contributed by atoms with E-state index in [1.165, 1.54) is 76.1 Å². The molecule has 0 spiro atoms. The summed E-state index contributed by atoms with van der Waals surface area (Å²) in [5.74, 6) is 0.273. The average molecular weight is 573 g/mol. The predicted octanol–water partition coefficient (Wildman–Crippen LogP) is 12.2. The Hall–Kier alpha value is -5.92. The molecule has 1 nitrogen and oxygen atoms in total. The molecule has 45 heavy (non-hydrogen) atoms. The van der Waals surface area contributed by atoms with Gasteiger partial charge in [0.1, 0.15) is 5.75 Å². The number of benzene rings is 9. The molecular weight excluding hydrogens is 544 g/mol. The number of hydrogen-bond donors (Lipinski definition) is 1. The Labute approximate surface area is 261 Å². The minimum absolute atomic E-state index is 0.273. The molecule has 1 heteroatoms. The SMILES string of the molecule is Oc1ccc(-c2ccc3c(c2)c(-c2cccc4ccccc24)cc2c4ccccc4c(-c4cccc5ccccc45)cc32)cc1.